The standard InChI is InChI=1S/C16H18O6/c1-8-6-11(19-4)13(15(17)21-8)10(3)14-12(20-5)7-9(2)22-16(14)18/h6-7,10H,1-5H3. The fourth-order valence-electron chi connectivity index (χ4n) is 2.45. The largest absolute Gasteiger partial charge is 0.496 e. The Hall–Kier alpha value is -2.50. The van der Waals surface area contributed by atoms with Gasteiger partial charge in [0.1, 0.15) is 23.0 Å². The van der Waals surface area contributed by atoms with Crippen molar-refractivity contribution < 1.29 is 18.3 Å². The van der Waals surface area contributed by atoms with E-state index in [9.17, 15) is 9.59 Å². The molecule has 0 aliphatic rings. The van der Waals surface area contributed by atoms with E-state index in [1.54, 1.807) is 32.9 Å². The minimum Gasteiger partial charge on any atom is -0.496 e. The summed E-state index contributed by atoms with van der Waals surface area (Å²) >= 11 is 0. The lowest BCUT2D eigenvalue weighted by atomic mass is 9.94. The molecule has 0 radical (unpaired) electrons. The van der Waals surface area contributed by atoms with Gasteiger partial charge in [0, 0.05) is 18.1 Å². The molecule has 22 heavy (non-hydrogen) atoms. The van der Waals surface area contributed by atoms with Crippen LogP contribution in [0.2, 0.25) is 0 Å². The van der Waals surface area contributed by atoms with Crippen molar-refractivity contribution in [2.45, 2.75) is 26.7 Å². The van der Waals surface area contributed by atoms with Gasteiger partial charge in [0.05, 0.1) is 25.3 Å². The zero-order valence-corrected chi connectivity index (χ0v) is 13.2. The van der Waals surface area contributed by atoms with E-state index in [1.807, 2.05) is 0 Å². The summed E-state index contributed by atoms with van der Waals surface area (Å²) in [4.78, 5) is 24.4. The highest BCUT2D eigenvalue weighted by Gasteiger charge is 2.26. The number of hydrogen-bond donors (Lipinski definition) is 0. The van der Waals surface area contributed by atoms with Crippen LogP contribution in [0, 0.1) is 13.8 Å². The third-order valence-electron chi connectivity index (χ3n) is 3.45. The Morgan fingerprint density at radius 3 is 1.55 bits per heavy atom. The van der Waals surface area contributed by atoms with Crippen LogP contribution in [0.15, 0.2) is 30.6 Å². The van der Waals surface area contributed by atoms with Crippen molar-refractivity contribution in [2.24, 2.45) is 0 Å². The van der Waals surface area contributed by atoms with Gasteiger partial charge in [-0.1, -0.05) is 6.92 Å². The van der Waals surface area contributed by atoms with Gasteiger partial charge in [-0.15, -0.1) is 0 Å². The molecule has 0 spiro atoms. The fraction of sp³-hybridized carbons (Fsp3) is 0.375. The summed E-state index contributed by atoms with van der Waals surface area (Å²) in [5.74, 6) is 0.992. The van der Waals surface area contributed by atoms with E-state index in [2.05, 4.69) is 0 Å². The average Bonchev–Trinajstić information content (AvgIpc) is 2.44. The second-order valence-corrected chi connectivity index (χ2v) is 4.97. The number of rotatable bonds is 4. The van der Waals surface area contributed by atoms with Crippen molar-refractivity contribution >= 4 is 0 Å². The van der Waals surface area contributed by atoms with Crippen molar-refractivity contribution in [2.75, 3.05) is 14.2 Å². The van der Waals surface area contributed by atoms with Crippen LogP contribution >= 0.6 is 0 Å². The van der Waals surface area contributed by atoms with Gasteiger partial charge in [0.15, 0.2) is 0 Å². The maximum absolute atomic E-state index is 12.2. The highest BCUT2D eigenvalue weighted by molar-refractivity contribution is 5.44. The van der Waals surface area contributed by atoms with Crippen LogP contribution in [0.3, 0.4) is 0 Å². The molecule has 6 heteroatoms. The molecule has 6 nitrogen and oxygen atoms in total. The molecule has 0 saturated heterocycles. The van der Waals surface area contributed by atoms with Crippen molar-refractivity contribution in [3.05, 3.63) is 55.6 Å². The van der Waals surface area contributed by atoms with E-state index in [-0.39, 0.29) is 11.1 Å². The normalized spacial score (nSPS) is 10.8. The first-order valence-corrected chi connectivity index (χ1v) is 6.76. The number of hydrogen-bond acceptors (Lipinski definition) is 6. The zero-order chi connectivity index (χ0) is 16.4. The summed E-state index contributed by atoms with van der Waals surface area (Å²) in [5, 5.41) is 0. The number of aryl methyl sites for hydroxylation is 2. The molecule has 0 fully saturated rings. The van der Waals surface area contributed by atoms with Crippen LogP contribution < -0.4 is 20.7 Å². The number of ether oxygens (including phenoxy) is 2. The molecule has 2 aromatic rings. The monoisotopic (exact) mass is 306 g/mol. The summed E-state index contributed by atoms with van der Waals surface area (Å²) in [6, 6.07) is 3.21. The predicted molar refractivity (Wildman–Crippen MR) is 80.1 cm³/mol. The molecule has 118 valence electrons. The van der Waals surface area contributed by atoms with E-state index in [1.165, 1.54) is 14.2 Å². The van der Waals surface area contributed by atoms with Crippen molar-refractivity contribution in [1.82, 2.24) is 0 Å². The summed E-state index contributed by atoms with van der Waals surface area (Å²) in [5.41, 5.74) is -0.595. The quantitative estimate of drug-likeness (QED) is 0.863. The highest BCUT2D eigenvalue weighted by Crippen LogP contribution is 2.32. The van der Waals surface area contributed by atoms with E-state index in [4.69, 9.17) is 18.3 Å². The molecule has 0 unspecified atom stereocenters. The molecule has 0 aromatic carbocycles. The smallest absolute Gasteiger partial charge is 0.343 e. The SMILES string of the molecule is COc1cc(C)oc(=O)c1C(C)c1c(OC)cc(C)oc1=O. The zero-order valence-electron chi connectivity index (χ0n) is 13.2. The van der Waals surface area contributed by atoms with Crippen molar-refractivity contribution in [1.29, 1.82) is 0 Å². The van der Waals surface area contributed by atoms with E-state index in [0.717, 1.165) is 0 Å². The van der Waals surface area contributed by atoms with Gasteiger partial charge in [-0.2, -0.15) is 0 Å². The van der Waals surface area contributed by atoms with Crippen LogP contribution in [0.1, 0.15) is 35.5 Å². The highest BCUT2D eigenvalue weighted by atomic mass is 16.5. The lowest BCUT2D eigenvalue weighted by molar-refractivity contribution is 0.374. The van der Waals surface area contributed by atoms with Gasteiger partial charge in [-0.25, -0.2) is 9.59 Å². The van der Waals surface area contributed by atoms with E-state index in [0.29, 0.717) is 23.0 Å². The topological polar surface area (TPSA) is 78.9 Å². The molecule has 0 aliphatic heterocycles. The van der Waals surface area contributed by atoms with Crippen LogP contribution in [-0.4, -0.2) is 14.2 Å². The van der Waals surface area contributed by atoms with E-state index < -0.39 is 17.2 Å². The molecule has 0 saturated carbocycles. The Morgan fingerprint density at radius 2 is 1.23 bits per heavy atom. The lowest BCUT2D eigenvalue weighted by Crippen LogP contribution is -2.20. The van der Waals surface area contributed by atoms with Crippen LogP contribution in [0.5, 0.6) is 11.5 Å². The molecule has 2 rings (SSSR count). The molecular formula is C16H18O6. The Bertz CT molecular complexity index is 732. The summed E-state index contributed by atoms with van der Waals surface area (Å²) in [6.45, 7) is 5.01. The second-order valence-electron chi connectivity index (χ2n) is 4.97. The van der Waals surface area contributed by atoms with Gasteiger partial charge < -0.3 is 18.3 Å². The van der Waals surface area contributed by atoms with Crippen LogP contribution in [0.25, 0.3) is 0 Å². The molecule has 0 amide bonds. The lowest BCUT2D eigenvalue weighted by Gasteiger charge is -2.16. The van der Waals surface area contributed by atoms with Gasteiger partial charge >= 0.3 is 11.3 Å². The Labute approximate surface area is 127 Å². The second kappa shape index (κ2) is 6.09. The first-order chi connectivity index (χ1) is 10.4. The van der Waals surface area contributed by atoms with Gasteiger partial charge in [-0.3, -0.25) is 0 Å². The third-order valence-corrected chi connectivity index (χ3v) is 3.45. The third kappa shape index (κ3) is 2.77. The maximum Gasteiger partial charge on any atom is 0.343 e. The summed E-state index contributed by atoms with van der Waals surface area (Å²) in [7, 11) is 2.92. The van der Waals surface area contributed by atoms with Gasteiger partial charge in [0.25, 0.3) is 0 Å². The Morgan fingerprint density at radius 1 is 0.864 bits per heavy atom. The van der Waals surface area contributed by atoms with Crippen molar-refractivity contribution in [3.63, 3.8) is 0 Å². The minimum absolute atomic E-state index is 0.252. The molecule has 0 atom stereocenters. The summed E-state index contributed by atoms with van der Waals surface area (Å²) in [6.07, 6.45) is 0. The van der Waals surface area contributed by atoms with Crippen LogP contribution in [-0.2, 0) is 0 Å². The minimum atomic E-state index is -0.599. The first kappa shape index (κ1) is 15.9. The van der Waals surface area contributed by atoms with Gasteiger partial charge in [-0.05, 0) is 13.8 Å². The average molecular weight is 306 g/mol. The number of methoxy groups -OCH3 is 2. The molecule has 0 bridgehead atoms. The van der Waals surface area contributed by atoms with Crippen molar-refractivity contribution in [3.8, 4) is 11.5 Å². The molecular weight excluding hydrogens is 288 g/mol. The Balaban J connectivity index is 2.71. The summed E-state index contributed by atoms with van der Waals surface area (Å²) < 4.78 is 20.7. The van der Waals surface area contributed by atoms with Crippen LogP contribution in [0.4, 0.5) is 0 Å². The first-order valence-electron chi connectivity index (χ1n) is 6.76. The van der Waals surface area contributed by atoms with Gasteiger partial charge in [0.2, 0.25) is 0 Å². The molecule has 2 aromatic heterocycles. The Kier molecular flexibility index (Phi) is 4.40. The predicted octanol–water partition coefficient (Wildman–Crippen LogP) is 2.38. The van der Waals surface area contributed by atoms with E-state index >= 15 is 0 Å². The fourth-order valence-corrected chi connectivity index (χ4v) is 2.45. The molecule has 0 N–H and O–H groups in total. The molecule has 0 aliphatic carbocycles. The maximum atomic E-state index is 12.2. The molecule has 2 heterocycles.